The highest BCUT2D eigenvalue weighted by Crippen LogP contribution is 2.27. The third-order valence-electron chi connectivity index (χ3n) is 8.72. The Morgan fingerprint density at radius 3 is 2.33 bits per heavy atom. The molecule has 0 spiro atoms. The Labute approximate surface area is 266 Å². The number of ether oxygens (including phenoxy) is 1. The van der Waals surface area contributed by atoms with Crippen molar-refractivity contribution < 1.29 is 23.9 Å². The van der Waals surface area contributed by atoms with Gasteiger partial charge in [0.1, 0.15) is 30.0 Å². The molecule has 3 heterocycles. The Hall–Kier alpha value is -4.18. The fourth-order valence-corrected chi connectivity index (χ4v) is 6.07. The second-order valence-electron chi connectivity index (χ2n) is 12.6. The maximum atomic E-state index is 14.3. The quantitative estimate of drug-likeness (QED) is 0.398. The molecule has 4 amide bonds. The molecule has 3 aliphatic rings. The van der Waals surface area contributed by atoms with Crippen LogP contribution in [0.5, 0.6) is 5.75 Å². The van der Waals surface area contributed by atoms with Crippen molar-refractivity contribution in [3.05, 3.63) is 71.9 Å². The lowest BCUT2D eigenvalue weighted by Gasteiger charge is -2.35. The van der Waals surface area contributed by atoms with Gasteiger partial charge >= 0.3 is 0 Å². The van der Waals surface area contributed by atoms with E-state index >= 15 is 0 Å². The van der Waals surface area contributed by atoms with Gasteiger partial charge in [-0.2, -0.15) is 0 Å². The second kappa shape index (κ2) is 15.2. The summed E-state index contributed by atoms with van der Waals surface area (Å²) in [6.45, 7) is 8.07. The third-order valence-corrected chi connectivity index (χ3v) is 8.72. The van der Waals surface area contributed by atoms with Crippen molar-refractivity contribution in [2.75, 3.05) is 20.6 Å². The van der Waals surface area contributed by atoms with Gasteiger partial charge in [0.2, 0.25) is 23.6 Å². The molecule has 45 heavy (non-hydrogen) atoms. The van der Waals surface area contributed by atoms with Gasteiger partial charge in [0.15, 0.2) is 0 Å². The highest BCUT2D eigenvalue weighted by molar-refractivity contribution is 5.96. The molecule has 10 nitrogen and oxygen atoms in total. The predicted octanol–water partition coefficient (Wildman–Crippen LogP) is 2.98. The van der Waals surface area contributed by atoms with Crippen molar-refractivity contribution in [2.24, 2.45) is 11.8 Å². The van der Waals surface area contributed by atoms with Crippen molar-refractivity contribution in [3.63, 3.8) is 0 Å². The van der Waals surface area contributed by atoms with Crippen LogP contribution in [-0.2, 0) is 25.6 Å². The summed E-state index contributed by atoms with van der Waals surface area (Å²) in [7, 11) is 3.71. The lowest BCUT2D eigenvalue weighted by Crippen LogP contribution is -2.61. The van der Waals surface area contributed by atoms with Crippen LogP contribution >= 0.6 is 0 Å². The number of amides is 4. The average Bonchev–Trinajstić information content (AvgIpc) is 3.43. The van der Waals surface area contributed by atoms with Crippen LogP contribution < -0.4 is 20.7 Å². The van der Waals surface area contributed by atoms with Gasteiger partial charge in [0.05, 0.1) is 6.04 Å². The normalized spacial score (nSPS) is 22.8. The molecule has 2 aromatic rings. The summed E-state index contributed by atoms with van der Waals surface area (Å²) >= 11 is 0. The lowest BCUT2D eigenvalue weighted by atomic mass is 9.95. The van der Waals surface area contributed by atoms with Gasteiger partial charge in [0.25, 0.3) is 0 Å². The first-order valence-corrected chi connectivity index (χ1v) is 15.8. The molecule has 3 aliphatic heterocycles. The summed E-state index contributed by atoms with van der Waals surface area (Å²) in [6, 6.07) is 13.6. The summed E-state index contributed by atoms with van der Waals surface area (Å²) in [4.78, 5) is 58.7. The summed E-state index contributed by atoms with van der Waals surface area (Å²) in [5.74, 6) is -1.03. The Morgan fingerprint density at radius 2 is 1.71 bits per heavy atom. The van der Waals surface area contributed by atoms with Crippen LogP contribution in [0.15, 0.2) is 60.8 Å². The summed E-state index contributed by atoms with van der Waals surface area (Å²) in [6.07, 6.45) is 4.15. The van der Waals surface area contributed by atoms with E-state index in [1.807, 2.05) is 89.2 Å². The lowest BCUT2D eigenvalue weighted by molar-refractivity contribution is -0.145. The van der Waals surface area contributed by atoms with E-state index in [0.29, 0.717) is 12.2 Å². The molecule has 1 saturated heterocycles. The number of benzene rings is 2. The number of likely N-dealkylation sites (tertiary alicyclic amines) is 1. The van der Waals surface area contributed by atoms with Gasteiger partial charge in [-0.3, -0.25) is 24.1 Å². The third kappa shape index (κ3) is 8.30. The topological polar surface area (TPSA) is 120 Å². The number of rotatable bonds is 9. The predicted molar refractivity (Wildman–Crippen MR) is 174 cm³/mol. The number of likely N-dealkylation sites (N-methyl/N-ethyl adjacent to an activating group) is 1. The van der Waals surface area contributed by atoms with Crippen molar-refractivity contribution in [1.82, 2.24) is 25.8 Å². The summed E-state index contributed by atoms with van der Waals surface area (Å²) in [5, 5.41) is 8.74. The highest BCUT2D eigenvalue weighted by Gasteiger charge is 2.47. The van der Waals surface area contributed by atoms with Gasteiger partial charge in [-0.15, -0.1) is 0 Å². The second-order valence-corrected chi connectivity index (χ2v) is 12.6. The monoisotopic (exact) mass is 617 g/mol. The Kier molecular flexibility index (Phi) is 11.4. The summed E-state index contributed by atoms with van der Waals surface area (Å²) < 4.78 is 6.33. The van der Waals surface area contributed by atoms with E-state index in [1.165, 1.54) is 4.90 Å². The smallest absolute Gasteiger partial charge is 0.247 e. The van der Waals surface area contributed by atoms with Crippen LogP contribution in [0.3, 0.4) is 0 Å². The molecule has 0 aliphatic carbocycles. The zero-order chi connectivity index (χ0) is 32.7. The van der Waals surface area contributed by atoms with E-state index in [2.05, 4.69) is 16.0 Å². The molecule has 2 bridgehead atoms. The fourth-order valence-electron chi connectivity index (χ4n) is 6.07. The number of carbonyl (C=O) groups is 4. The van der Waals surface area contributed by atoms with Crippen LogP contribution in [0, 0.1) is 11.8 Å². The Bertz CT molecular complexity index is 1360. The molecule has 242 valence electrons. The van der Waals surface area contributed by atoms with E-state index in [9.17, 15) is 19.2 Å². The van der Waals surface area contributed by atoms with E-state index in [4.69, 9.17) is 4.74 Å². The Morgan fingerprint density at radius 1 is 1.02 bits per heavy atom. The largest absolute Gasteiger partial charge is 0.488 e. The molecule has 3 N–H and O–H groups in total. The average molecular weight is 618 g/mol. The molecule has 1 fully saturated rings. The summed E-state index contributed by atoms with van der Waals surface area (Å²) in [5.41, 5.74) is 1.75. The molecule has 0 aromatic heterocycles. The zero-order valence-corrected chi connectivity index (χ0v) is 27.2. The van der Waals surface area contributed by atoms with Crippen molar-refractivity contribution in [3.8, 4) is 5.75 Å². The van der Waals surface area contributed by atoms with E-state index in [0.717, 1.165) is 17.5 Å². The van der Waals surface area contributed by atoms with E-state index in [1.54, 1.807) is 24.4 Å². The molecule has 2 aromatic carbocycles. The number of hydrogen-bond acceptors (Lipinski definition) is 6. The maximum Gasteiger partial charge on any atom is 0.247 e. The zero-order valence-electron chi connectivity index (χ0n) is 27.2. The number of carbonyl (C=O) groups excluding carboxylic acids is 4. The first-order valence-electron chi connectivity index (χ1n) is 15.8. The van der Waals surface area contributed by atoms with Gasteiger partial charge < -0.3 is 25.6 Å². The van der Waals surface area contributed by atoms with Gasteiger partial charge in [0, 0.05) is 25.6 Å². The van der Waals surface area contributed by atoms with Gasteiger partial charge in [-0.05, 0) is 55.3 Å². The van der Waals surface area contributed by atoms with Crippen molar-refractivity contribution in [2.45, 2.75) is 77.2 Å². The number of fused-ring (bicyclic) bond motifs is 7. The van der Waals surface area contributed by atoms with Crippen LogP contribution in [0.1, 0.15) is 51.7 Å². The van der Waals surface area contributed by atoms with Crippen LogP contribution in [0.25, 0.3) is 6.08 Å². The van der Waals surface area contributed by atoms with E-state index < -0.39 is 36.2 Å². The number of nitrogens with zero attached hydrogens (tertiary/aromatic N) is 2. The van der Waals surface area contributed by atoms with Gasteiger partial charge in [-0.25, -0.2) is 0 Å². The molecule has 6 atom stereocenters. The van der Waals surface area contributed by atoms with Crippen LogP contribution in [0.2, 0.25) is 0 Å². The van der Waals surface area contributed by atoms with Gasteiger partial charge in [-0.1, -0.05) is 76.6 Å². The molecule has 10 heteroatoms. The standard InChI is InChI=1S/C35H47N5O5/c1-7-23(4)30(39(5)6)33(42)38-29(22(2)3)35(44)40-20-18-28-31(40)34(43)37-27(21-25-11-9-8-10-12-25)32(41)36-19-17-24-13-15-26(45-28)16-14-24/h8-17,19,22-23,27-31H,7,18,20-21H2,1-6H3,(H,36,41)(H,37,43)(H,38,42)/b19-17-. The SMILES string of the molecule is CCC(C)C(C(=O)NC(C(=O)N1CCC2Oc3ccc(cc3)/C=C\NC(=O)C(Cc3ccccc3)NC(=O)C21)C(C)C)N(C)C. The molecule has 0 radical (unpaired) electrons. The maximum absolute atomic E-state index is 14.3. The number of hydrogen-bond donors (Lipinski definition) is 3. The number of nitrogens with one attached hydrogen (secondary N) is 3. The molecular formula is C35H47N5O5. The van der Waals surface area contributed by atoms with E-state index in [-0.39, 0.29) is 42.5 Å². The fraction of sp³-hybridized carbons (Fsp3) is 0.486. The minimum absolute atomic E-state index is 0.0757. The minimum atomic E-state index is -1.01. The van der Waals surface area contributed by atoms with Crippen LogP contribution in [0.4, 0.5) is 0 Å². The molecule has 0 saturated carbocycles. The van der Waals surface area contributed by atoms with Crippen molar-refractivity contribution in [1.29, 1.82) is 0 Å². The van der Waals surface area contributed by atoms with Crippen molar-refractivity contribution >= 4 is 29.7 Å². The Balaban J connectivity index is 1.66. The molecular weight excluding hydrogens is 570 g/mol. The minimum Gasteiger partial charge on any atom is -0.488 e. The molecule has 6 unspecified atom stereocenters. The highest BCUT2D eigenvalue weighted by atomic mass is 16.5. The molecule has 5 rings (SSSR count). The van der Waals surface area contributed by atoms with Crippen LogP contribution in [-0.4, -0.2) is 84.3 Å². The first-order chi connectivity index (χ1) is 21.5. The first kappa shape index (κ1) is 33.7.